The molecule has 0 aliphatic carbocycles. The van der Waals surface area contributed by atoms with Gasteiger partial charge < -0.3 is 20.3 Å². The average molecular weight is 917 g/mol. The Morgan fingerprint density at radius 3 is 1.20 bits per heavy atom. The molecule has 0 rings (SSSR count). The van der Waals surface area contributed by atoms with Crippen LogP contribution in [-0.2, 0) is 14.3 Å². The van der Waals surface area contributed by atoms with E-state index >= 15 is 0 Å². The molecule has 0 fully saturated rings. The molecule has 384 valence electrons. The Balaban J connectivity index is 3.46. The standard InChI is InChI=1S/C59H113NO5/c1-3-5-7-9-11-13-15-17-19-20-21-22-23-24-26-27-31-35-39-43-47-51-57(62)56(55-61)60-58(63)52-48-44-40-36-32-29-30-34-38-42-46-50-54-65-59(64)53-49-45-41-37-33-28-25-18-16-14-12-10-8-6-4-2/h12,14,18,25,56-57,61-62H,3-11,13,15-17,19-24,26-55H2,1-2H3,(H,60,63)/b14-12-,25-18-. The van der Waals surface area contributed by atoms with E-state index in [1.807, 2.05) is 0 Å². The summed E-state index contributed by atoms with van der Waals surface area (Å²) in [4.78, 5) is 24.5. The van der Waals surface area contributed by atoms with Gasteiger partial charge in [-0.15, -0.1) is 0 Å². The second-order valence-electron chi connectivity index (χ2n) is 20.0. The summed E-state index contributed by atoms with van der Waals surface area (Å²) in [6.07, 6.45) is 65.9. The topological polar surface area (TPSA) is 95.9 Å². The predicted octanol–water partition coefficient (Wildman–Crippen LogP) is 17.9. The summed E-state index contributed by atoms with van der Waals surface area (Å²) in [6.45, 7) is 4.90. The molecule has 0 aromatic carbocycles. The zero-order valence-corrected chi connectivity index (χ0v) is 43.7. The molecule has 0 aliphatic rings. The highest BCUT2D eigenvalue weighted by Crippen LogP contribution is 2.17. The molecule has 6 heteroatoms. The van der Waals surface area contributed by atoms with E-state index in [0.29, 0.717) is 25.9 Å². The number of unbranched alkanes of at least 4 members (excludes halogenated alkanes) is 39. The number of nitrogens with one attached hydrogen (secondary N) is 1. The number of amides is 1. The summed E-state index contributed by atoms with van der Waals surface area (Å²) in [5, 5.41) is 23.3. The van der Waals surface area contributed by atoms with Gasteiger partial charge in [-0.1, -0.05) is 269 Å². The first-order valence-electron chi connectivity index (χ1n) is 29.1. The summed E-state index contributed by atoms with van der Waals surface area (Å²) in [6, 6.07) is -0.555. The third kappa shape index (κ3) is 51.6. The largest absolute Gasteiger partial charge is 0.466 e. The average Bonchev–Trinajstić information content (AvgIpc) is 3.31. The predicted molar refractivity (Wildman–Crippen MR) is 283 cm³/mol. The lowest BCUT2D eigenvalue weighted by atomic mass is 10.0. The zero-order valence-electron chi connectivity index (χ0n) is 43.7. The molecule has 0 saturated heterocycles. The molecule has 0 aromatic heterocycles. The zero-order chi connectivity index (χ0) is 47.2. The first-order valence-corrected chi connectivity index (χ1v) is 29.1. The van der Waals surface area contributed by atoms with Gasteiger partial charge in [-0.25, -0.2) is 0 Å². The lowest BCUT2D eigenvalue weighted by molar-refractivity contribution is -0.143. The maximum Gasteiger partial charge on any atom is 0.305 e. The second kappa shape index (κ2) is 54.9. The van der Waals surface area contributed by atoms with Crippen LogP contribution in [-0.4, -0.2) is 47.4 Å². The van der Waals surface area contributed by atoms with Crippen LogP contribution in [0.2, 0.25) is 0 Å². The molecular weight excluding hydrogens is 803 g/mol. The summed E-state index contributed by atoms with van der Waals surface area (Å²) in [5.74, 6) is -0.0711. The van der Waals surface area contributed by atoms with Crippen molar-refractivity contribution in [2.75, 3.05) is 13.2 Å². The van der Waals surface area contributed by atoms with E-state index in [-0.39, 0.29) is 18.5 Å². The van der Waals surface area contributed by atoms with Crippen molar-refractivity contribution in [2.45, 2.75) is 328 Å². The van der Waals surface area contributed by atoms with Crippen LogP contribution >= 0.6 is 0 Å². The molecular formula is C59H113NO5. The highest BCUT2D eigenvalue weighted by atomic mass is 16.5. The molecule has 1 amide bonds. The summed E-state index contributed by atoms with van der Waals surface area (Å²) in [5.41, 5.74) is 0. The summed E-state index contributed by atoms with van der Waals surface area (Å²) in [7, 11) is 0. The van der Waals surface area contributed by atoms with E-state index in [1.165, 1.54) is 212 Å². The van der Waals surface area contributed by atoms with Gasteiger partial charge in [0.05, 0.1) is 25.4 Å². The quantitative estimate of drug-likeness (QED) is 0.0321. The van der Waals surface area contributed by atoms with E-state index in [9.17, 15) is 19.8 Å². The van der Waals surface area contributed by atoms with Crippen molar-refractivity contribution < 1.29 is 24.5 Å². The van der Waals surface area contributed by atoms with Crippen molar-refractivity contribution in [3.63, 3.8) is 0 Å². The van der Waals surface area contributed by atoms with Crippen molar-refractivity contribution in [3.8, 4) is 0 Å². The molecule has 0 aliphatic heterocycles. The maximum atomic E-state index is 12.5. The van der Waals surface area contributed by atoms with Crippen LogP contribution in [0.15, 0.2) is 24.3 Å². The number of esters is 1. The minimum Gasteiger partial charge on any atom is -0.466 e. The van der Waals surface area contributed by atoms with Gasteiger partial charge in [0.1, 0.15) is 0 Å². The fourth-order valence-corrected chi connectivity index (χ4v) is 9.02. The highest BCUT2D eigenvalue weighted by Gasteiger charge is 2.20. The van der Waals surface area contributed by atoms with Gasteiger partial charge in [-0.05, 0) is 57.8 Å². The van der Waals surface area contributed by atoms with Gasteiger partial charge in [0.25, 0.3) is 0 Å². The first kappa shape index (κ1) is 63.3. The van der Waals surface area contributed by atoms with Crippen LogP contribution in [0.25, 0.3) is 0 Å². The number of hydrogen-bond acceptors (Lipinski definition) is 5. The van der Waals surface area contributed by atoms with Crippen molar-refractivity contribution >= 4 is 11.9 Å². The molecule has 65 heavy (non-hydrogen) atoms. The Kier molecular flexibility index (Phi) is 53.5. The van der Waals surface area contributed by atoms with E-state index in [2.05, 4.69) is 43.5 Å². The molecule has 6 nitrogen and oxygen atoms in total. The Morgan fingerprint density at radius 2 is 0.769 bits per heavy atom. The Morgan fingerprint density at radius 1 is 0.431 bits per heavy atom. The van der Waals surface area contributed by atoms with Gasteiger partial charge in [-0.3, -0.25) is 9.59 Å². The first-order chi connectivity index (χ1) is 32.0. The van der Waals surface area contributed by atoms with Crippen LogP contribution in [0, 0.1) is 0 Å². The van der Waals surface area contributed by atoms with Crippen molar-refractivity contribution in [1.82, 2.24) is 5.32 Å². The summed E-state index contributed by atoms with van der Waals surface area (Å²) < 4.78 is 5.46. The lowest BCUT2D eigenvalue weighted by Gasteiger charge is -2.22. The third-order valence-corrected chi connectivity index (χ3v) is 13.5. The van der Waals surface area contributed by atoms with Gasteiger partial charge in [0.2, 0.25) is 5.91 Å². The number of aliphatic hydroxyl groups is 2. The van der Waals surface area contributed by atoms with Crippen LogP contribution in [0.3, 0.4) is 0 Å². The minimum absolute atomic E-state index is 0.0224. The number of carbonyl (C=O) groups is 2. The van der Waals surface area contributed by atoms with Gasteiger partial charge >= 0.3 is 5.97 Å². The van der Waals surface area contributed by atoms with Crippen LogP contribution in [0.1, 0.15) is 316 Å². The van der Waals surface area contributed by atoms with Gasteiger partial charge in [0.15, 0.2) is 0 Å². The number of aliphatic hydroxyl groups excluding tert-OH is 2. The maximum absolute atomic E-state index is 12.5. The molecule has 0 radical (unpaired) electrons. The van der Waals surface area contributed by atoms with Gasteiger partial charge in [-0.2, -0.15) is 0 Å². The van der Waals surface area contributed by atoms with Gasteiger partial charge in [0, 0.05) is 12.8 Å². The lowest BCUT2D eigenvalue weighted by Crippen LogP contribution is -2.45. The third-order valence-electron chi connectivity index (χ3n) is 13.5. The van der Waals surface area contributed by atoms with Crippen molar-refractivity contribution in [3.05, 3.63) is 24.3 Å². The molecule has 0 aromatic rings. The molecule has 2 unspecified atom stereocenters. The normalized spacial score (nSPS) is 12.7. The monoisotopic (exact) mass is 916 g/mol. The van der Waals surface area contributed by atoms with Crippen LogP contribution in [0.4, 0.5) is 0 Å². The second-order valence-corrected chi connectivity index (χ2v) is 20.0. The Labute approximate surface area is 405 Å². The van der Waals surface area contributed by atoms with Crippen LogP contribution in [0.5, 0.6) is 0 Å². The van der Waals surface area contributed by atoms with Crippen molar-refractivity contribution in [1.29, 1.82) is 0 Å². The molecule has 2 atom stereocenters. The molecule has 3 N–H and O–H groups in total. The van der Waals surface area contributed by atoms with E-state index in [4.69, 9.17) is 4.74 Å². The molecule has 0 spiro atoms. The highest BCUT2D eigenvalue weighted by molar-refractivity contribution is 5.76. The van der Waals surface area contributed by atoms with Crippen LogP contribution < -0.4 is 5.32 Å². The Hall–Kier alpha value is -1.66. The fraction of sp³-hybridized carbons (Fsp3) is 0.898. The molecule has 0 saturated carbocycles. The number of allylic oxidation sites excluding steroid dienone is 4. The SMILES string of the molecule is CCCCC/C=C\C/C=C\CCCCCCCC(=O)OCCCCCCCCCCCCCCC(=O)NC(CO)C(O)CCCCCCCCCCCCCCCCCCCCCCC. The minimum atomic E-state index is -0.676. The number of hydrogen-bond donors (Lipinski definition) is 3. The van der Waals surface area contributed by atoms with E-state index in [0.717, 1.165) is 70.6 Å². The Bertz CT molecular complexity index is 1010. The van der Waals surface area contributed by atoms with E-state index in [1.54, 1.807) is 0 Å². The summed E-state index contributed by atoms with van der Waals surface area (Å²) >= 11 is 0. The van der Waals surface area contributed by atoms with Crippen molar-refractivity contribution in [2.24, 2.45) is 0 Å². The number of carbonyl (C=O) groups excluding carboxylic acids is 2. The molecule has 0 heterocycles. The fourth-order valence-electron chi connectivity index (χ4n) is 9.02. The smallest absolute Gasteiger partial charge is 0.305 e. The molecule has 0 bridgehead atoms. The van der Waals surface area contributed by atoms with E-state index < -0.39 is 12.1 Å². The number of rotatable bonds is 54. The number of ether oxygens (including phenoxy) is 1.